The van der Waals surface area contributed by atoms with Gasteiger partial charge >= 0.3 is 5.97 Å². The van der Waals surface area contributed by atoms with Crippen LogP contribution < -0.4 is 10.6 Å². The van der Waals surface area contributed by atoms with E-state index in [0.29, 0.717) is 28.3 Å². The van der Waals surface area contributed by atoms with Crippen molar-refractivity contribution in [3.05, 3.63) is 52.6 Å². The number of halogens is 1. The molecule has 32 heavy (non-hydrogen) atoms. The van der Waals surface area contributed by atoms with Gasteiger partial charge in [-0.1, -0.05) is 28.1 Å². The molecule has 0 bridgehead atoms. The van der Waals surface area contributed by atoms with Crippen LogP contribution in [0.1, 0.15) is 17.4 Å². The zero-order valence-corrected chi connectivity index (χ0v) is 18.2. The third kappa shape index (κ3) is 4.64. The topological polar surface area (TPSA) is 155 Å². The summed E-state index contributed by atoms with van der Waals surface area (Å²) in [6, 6.07) is 12.1. The smallest absolute Gasteiger partial charge is 0.303 e. The second-order valence-corrected chi connectivity index (χ2v) is 7.58. The summed E-state index contributed by atoms with van der Waals surface area (Å²) in [7, 11) is 0. The van der Waals surface area contributed by atoms with Crippen LogP contribution in [0.3, 0.4) is 0 Å². The molecule has 11 nitrogen and oxygen atoms in total. The molecule has 0 radical (unpaired) electrons. The Bertz CT molecular complexity index is 1320. The van der Waals surface area contributed by atoms with Crippen LogP contribution in [0.4, 0.5) is 11.4 Å². The lowest BCUT2D eigenvalue weighted by atomic mass is 10.1. The van der Waals surface area contributed by atoms with Crippen LogP contribution >= 0.6 is 15.9 Å². The van der Waals surface area contributed by atoms with Crippen molar-refractivity contribution in [2.45, 2.75) is 6.92 Å². The molecule has 0 atom stereocenters. The van der Waals surface area contributed by atoms with Crippen LogP contribution in [0.5, 0.6) is 0 Å². The Morgan fingerprint density at radius 2 is 1.94 bits per heavy atom. The van der Waals surface area contributed by atoms with Crippen LogP contribution in [-0.4, -0.2) is 50.0 Å². The Morgan fingerprint density at radius 1 is 1.09 bits per heavy atom. The van der Waals surface area contributed by atoms with Crippen molar-refractivity contribution >= 4 is 56.0 Å². The lowest BCUT2D eigenvalue weighted by molar-refractivity contribution is -0.144. The average molecular weight is 498 g/mol. The van der Waals surface area contributed by atoms with Crippen molar-refractivity contribution in [1.82, 2.24) is 25.6 Å². The monoisotopic (exact) mass is 497 g/mol. The Kier molecular flexibility index (Phi) is 5.94. The minimum atomic E-state index is -0.551. The average Bonchev–Trinajstić information content (AvgIpc) is 3.44. The molecule has 12 heteroatoms. The largest absolute Gasteiger partial charge is 0.456 e. The highest BCUT2D eigenvalue weighted by Crippen LogP contribution is 2.29. The number of tetrazole rings is 1. The van der Waals surface area contributed by atoms with E-state index in [1.165, 1.54) is 6.92 Å². The maximum atomic E-state index is 12.9. The summed E-state index contributed by atoms with van der Waals surface area (Å²) >= 11 is 3.40. The highest BCUT2D eigenvalue weighted by molar-refractivity contribution is 9.10. The van der Waals surface area contributed by atoms with E-state index in [1.807, 2.05) is 0 Å². The number of hydrogen-bond donors (Lipinski definition) is 4. The number of benzene rings is 2. The van der Waals surface area contributed by atoms with Gasteiger partial charge in [0.15, 0.2) is 6.61 Å². The summed E-state index contributed by atoms with van der Waals surface area (Å²) in [6.45, 7) is 0.821. The van der Waals surface area contributed by atoms with Crippen molar-refractivity contribution in [2.24, 2.45) is 0 Å². The quantitative estimate of drug-likeness (QED) is 0.298. The van der Waals surface area contributed by atoms with E-state index in [4.69, 9.17) is 4.74 Å². The molecule has 0 saturated carbocycles. The minimum Gasteiger partial charge on any atom is -0.456 e. The van der Waals surface area contributed by atoms with Gasteiger partial charge in [0.2, 0.25) is 5.82 Å². The molecule has 2 aromatic carbocycles. The summed E-state index contributed by atoms with van der Waals surface area (Å²) in [5, 5.41) is 20.1. The number of H-pyrrole nitrogens is 2. The summed E-state index contributed by atoms with van der Waals surface area (Å²) in [5.41, 5.74) is 2.37. The first-order chi connectivity index (χ1) is 15.4. The highest BCUT2D eigenvalue weighted by atomic mass is 79.9. The highest BCUT2D eigenvalue weighted by Gasteiger charge is 2.17. The van der Waals surface area contributed by atoms with Crippen molar-refractivity contribution in [1.29, 1.82) is 0 Å². The fourth-order valence-corrected chi connectivity index (χ4v) is 3.37. The number of nitrogens with one attached hydrogen (secondary N) is 4. The molecule has 2 amide bonds. The first kappa shape index (κ1) is 21.2. The van der Waals surface area contributed by atoms with Crippen LogP contribution in [0, 0.1) is 0 Å². The Hall–Kier alpha value is -4.06. The molecule has 0 unspecified atom stereocenters. The normalized spacial score (nSPS) is 10.7. The van der Waals surface area contributed by atoms with Crippen molar-refractivity contribution in [3.8, 4) is 11.4 Å². The first-order valence-corrected chi connectivity index (χ1v) is 10.1. The van der Waals surface area contributed by atoms with Gasteiger partial charge in [-0.25, -0.2) is 0 Å². The number of carbonyl (C=O) groups is 3. The fourth-order valence-electron chi connectivity index (χ4n) is 3.01. The number of esters is 1. The number of rotatable bonds is 6. The number of nitrogens with zero attached hydrogens (tertiary/aromatic N) is 3. The number of anilines is 2. The Balaban J connectivity index is 1.58. The number of para-hydroxylation sites is 1. The predicted octanol–water partition coefficient (Wildman–Crippen LogP) is 2.86. The number of fused-ring (bicyclic) bond motifs is 1. The van der Waals surface area contributed by atoms with Crippen LogP contribution in [0.2, 0.25) is 0 Å². The van der Waals surface area contributed by atoms with Crippen molar-refractivity contribution in [3.63, 3.8) is 0 Å². The number of ether oxygens (including phenoxy) is 1. The van der Waals surface area contributed by atoms with Gasteiger partial charge in [-0.3, -0.25) is 14.4 Å². The Morgan fingerprint density at radius 3 is 2.69 bits per heavy atom. The maximum absolute atomic E-state index is 12.9. The van der Waals surface area contributed by atoms with Gasteiger partial charge in [0.25, 0.3) is 11.8 Å². The van der Waals surface area contributed by atoms with E-state index >= 15 is 0 Å². The summed E-state index contributed by atoms with van der Waals surface area (Å²) in [5.74, 6) is -1.11. The Labute approximate surface area is 189 Å². The van der Waals surface area contributed by atoms with Crippen LogP contribution in [-0.2, 0) is 14.3 Å². The molecule has 162 valence electrons. The number of aromatic nitrogens is 5. The van der Waals surface area contributed by atoms with E-state index in [1.54, 1.807) is 42.5 Å². The van der Waals surface area contributed by atoms with Crippen LogP contribution in [0.15, 0.2) is 46.9 Å². The molecule has 0 spiro atoms. The van der Waals surface area contributed by atoms with Crippen LogP contribution in [0.25, 0.3) is 22.3 Å². The van der Waals surface area contributed by atoms with Gasteiger partial charge in [-0.05, 0) is 35.5 Å². The third-order valence-corrected chi connectivity index (χ3v) is 4.89. The molecular formula is C20H16BrN7O4. The second-order valence-electron chi connectivity index (χ2n) is 6.66. The second kappa shape index (κ2) is 8.98. The SMILES string of the molecule is CC(=O)OCC(=O)Nc1cccc2cc(C(=O)Nc3ccc(Br)cc3-c3nn[nH]n3)[nH]c12. The van der Waals surface area contributed by atoms with Gasteiger partial charge in [-0.15, -0.1) is 10.2 Å². The number of aromatic amines is 2. The molecule has 0 saturated heterocycles. The molecule has 4 aromatic rings. The fraction of sp³-hybridized carbons (Fsp3) is 0.100. The van der Waals surface area contributed by atoms with Gasteiger partial charge in [0.1, 0.15) is 5.69 Å². The third-order valence-electron chi connectivity index (χ3n) is 4.40. The summed E-state index contributed by atoms with van der Waals surface area (Å²) < 4.78 is 5.49. The van der Waals surface area contributed by atoms with Gasteiger partial charge in [0, 0.05) is 22.3 Å². The molecule has 0 fully saturated rings. The van der Waals surface area contributed by atoms with Crippen molar-refractivity contribution < 1.29 is 19.1 Å². The molecule has 0 aliphatic carbocycles. The maximum Gasteiger partial charge on any atom is 0.303 e. The first-order valence-electron chi connectivity index (χ1n) is 9.30. The molecule has 2 aromatic heterocycles. The van der Waals surface area contributed by atoms with Gasteiger partial charge in [0.05, 0.1) is 16.9 Å². The molecule has 0 aliphatic heterocycles. The molecule has 4 rings (SSSR count). The zero-order valence-electron chi connectivity index (χ0n) is 16.6. The van der Waals surface area contributed by atoms with Gasteiger partial charge in [-0.2, -0.15) is 5.21 Å². The summed E-state index contributed by atoms with van der Waals surface area (Å²) in [4.78, 5) is 38.9. The number of amides is 2. The van der Waals surface area contributed by atoms with E-state index in [9.17, 15) is 14.4 Å². The minimum absolute atomic E-state index is 0.281. The molecule has 4 N–H and O–H groups in total. The lowest BCUT2D eigenvalue weighted by Gasteiger charge is -2.09. The number of hydrogen-bond acceptors (Lipinski definition) is 7. The van der Waals surface area contributed by atoms with E-state index in [2.05, 4.69) is 52.2 Å². The molecular weight excluding hydrogens is 482 g/mol. The standard InChI is InChI=1S/C20H16BrN7O4/c1-10(29)32-9-17(30)22-15-4-2-3-11-7-16(23-18(11)15)20(31)24-14-6-5-12(21)8-13(14)19-25-27-28-26-19/h2-8,23H,9H2,1H3,(H,22,30)(H,24,31)(H,25,26,27,28). The van der Waals surface area contributed by atoms with E-state index in [-0.39, 0.29) is 5.69 Å². The number of carbonyl (C=O) groups excluding carboxylic acids is 3. The van der Waals surface area contributed by atoms with E-state index in [0.717, 1.165) is 9.86 Å². The van der Waals surface area contributed by atoms with Gasteiger partial charge < -0.3 is 20.4 Å². The molecule has 2 heterocycles. The zero-order chi connectivity index (χ0) is 22.7. The van der Waals surface area contributed by atoms with E-state index < -0.39 is 24.4 Å². The van der Waals surface area contributed by atoms with Crippen molar-refractivity contribution in [2.75, 3.05) is 17.2 Å². The molecule has 0 aliphatic rings. The lowest BCUT2D eigenvalue weighted by Crippen LogP contribution is -2.20. The summed E-state index contributed by atoms with van der Waals surface area (Å²) in [6.07, 6.45) is 0. The predicted molar refractivity (Wildman–Crippen MR) is 119 cm³/mol.